The molecule has 1 aliphatic heterocycles. The maximum Gasteiger partial charge on any atom is 0.0588 e. The second-order valence-corrected chi connectivity index (χ2v) is 7.00. The highest BCUT2D eigenvalue weighted by molar-refractivity contribution is 5.34. The van der Waals surface area contributed by atoms with Gasteiger partial charge < -0.3 is 10.1 Å². The smallest absolute Gasteiger partial charge is 0.0588 e. The third-order valence-corrected chi connectivity index (χ3v) is 5.03. The van der Waals surface area contributed by atoms with Crippen molar-refractivity contribution in [3.8, 4) is 0 Å². The molecule has 20 heavy (non-hydrogen) atoms. The molecule has 110 valence electrons. The minimum absolute atomic E-state index is 0.338. The van der Waals surface area contributed by atoms with Gasteiger partial charge in [-0.05, 0) is 55.2 Å². The fourth-order valence-electron chi connectivity index (χ4n) is 3.71. The van der Waals surface area contributed by atoms with Gasteiger partial charge in [0.05, 0.1) is 6.10 Å². The molecule has 1 N–H and O–H groups in total. The summed E-state index contributed by atoms with van der Waals surface area (Å²) in [5, 5.41) is 3.81. The number of nitrogens with one attached hydrogen (secondary N) is 1. The molecule has 0 radical (unpaired) electrons. The van der Waals surface area contributed by atoms with E-state index >= 15 is 0 Å². The zero-order valence-corrected chi connectivity index (χ0v) is 12.8. The van der Waals surface area contributed by atoms with Gasteiger partial charge in [0, 0.05) is 12.6 Å². The number of benzene rings is 1. The summed E-state index contributed by atoms with van der Waals surface area (Å²) < 4.78 is 5.72. The van der Waals surface area contributed by atoms with Crippen LogP contribution in [0, 0.1) is 5.41 Å². The number of aryl methyl sites for hydroxylation is 1. The number of hydrogen-bond acceptors (Lipinski definition) is 2. The standard InChI is InChI=1S/C18H27NO/c1-18(2)11-9-14-6-3-4-8-16(14)17(18)19-12-10-15-7-5-13-20-15/h3-4,6,8,15,17,19H,5,7,9-13H2,1-2H3. The maximum atomic E-state index is 5.72. The van der Waals surface area contributed by atoms with Gasteiger partial charge in [-0.1, -0.05) is 38.1 Å². The third kappa shape index (κ3) is 2.91. The summed E-state index contributed by atoms with van der Waals surface area (Å²) in [5.74, 6) is 0. The average Bonchev–Trinajstić information content (AvgIpc) is 2.94. The van der Waals surface area contributed by atoms with E-state index in [2.05, 4.69) is 43.4 Å². The molecular formula is C18H27NO. The van der Waals surface area contributed by atoms with E-state index < -0.39 is 0 Å². The minimum Gasteiger partial charge on any atom is -0.378 e. The Labute approximate surface area is 122 Å². The topological polar surface area (TPSA) is 21.3 Å². The van der Waals surface area contributed by atoms with Crippen LogP contribution in [0.4, 0.5) is 0 Å². The Morgan fingerprint density at radius 2 is 2.15 bits per heavy atom. The molecule has 1 fully saturated rings. The Bertz CT molecular complexity index is 448. The second-order valence-electron chi connectivity index (χ2n) is 7.00. The van der Waals surface area contributed by atoms with E-state index in [0.29, 0.717) is 17.6 Å². The molecule has 3 rings (SSSR count). The zero-order chi connectivity index (χ0) is 14.0. The molecule has 0 bridgehead atoms. The fraction of sp³-hybridized carbons (Fsp3) is 0.667. The fourth-order valence-corrected chi connectivity index (χ4v) is 3.71. The van der Waals surface area contributed by atoms with Crippen molar-refractivity contribution in [1.82, 2.24) is 5.32 Å². The van der Waals surface area contributed by atoms with E-state index in [9.17, 15) is 0 Å². The maximum absolute atomic E-state index is 5.72. The lowest BCUT2D eigenvalue weighted by molar-refractivity contribution is 0.100. The van der Waals surface area contributed by atoms with Crippen LogP contribution < -0.4 is 5.32 Å². The summed E-state index contributed by atoms with van der Waals surface area (Å²) in [6.45, 7) is 6.81. The molecule has 1 aliphatic carbocycles. The van der Waals surface area contributed by atoms with Crippen LogP contribution in [-0.4, -0.2) is 19.3 Å². The molecule has 0 amide bonds. The van der Waals surface area contributed by atoms with Crippen molar-refractivity contribution in [2.75, 3.05) is 13.2 Å². The molecule has 2 aliphatic rings. The first-order valence-corrected chi connectivity index (χ1v) is 8.09. The summed E-state index contributed by atoms with van der Waals surface area (Å²) in [6.07, 6.45) is 6.60. The van der Waals surface area contributed by atoms with E-state index in [-0.39, 0.29) is 0 Å². The second kappa shape index (κ2) is 5.87. The first-order chi connectivity index (χ1) is 9.67. The van der Waals surface area contributed by atoms with Gasteiger partial charge in [0.15, 0.2) is 0 Å². The van der Waals surface area contributed by atoms with Gasteiger partial charge in [-0.25, -0.2) is 0 Å². The Morgan fingerprint density at radius 1 is 1.30 bits per heavy atom. The first-order valence-electron chi connectivity index (χ1n) is 8.09. The monoisotopic (exact) mass is 273 g/mol. The average molecular weight is 273 g/mol. The summed E-state index contributed by atoms with van der Waals surface area (Å²) in [5.41, 5.74) is 3.38. The minimum atomic E-state index is 0.338. The molecule has 2 atom stereocenters. The predicted molar refractivity (Wildman–Crippen MR) is 82.9 cm³/mol. The lowest BCUT2D eigenvalue weighted by atomic mass is 9.70. The van der Waals surface area contributed by atoms with Gasteiger partial charge >= 0.3 is 0 Å². The van der Waals surface area contributed by atoms with Crippen LogP contribution in [0.1, 0.15) is 56.7 Å². The summed E-state index contributed by atoms with van der Waals surface area (Å²) in [7, 11) is 0. The van der Waals surface area contributed by atoms with Crippen molar-refractivity contribution in [1.29, 1.82) is 0 Å². The Hall–Kier alpha value is -0.860. The lowest BCUT2D eigenvalue weighted by Gasteiger charge is -2.41. The van der Waals surface area contributed by atoms with E-state index in [1.54, 1.807) is 0 Å². The summed E-state index contributed by atoms with van der Waals surface area (Å²) in [4.78, 5) is 0. The Morgan fingerprint density at radius 3 is 2.95 bits per heavy atom. The molecule has 1 saturated heterocycles. The van der Waals surface area contributed by atoms with Crippen LogP contribution in [0.5, 0.6) is 0 Å². The van der Waals surface area contributed by atoms with Crippen molar-refractivity contribution in [3.05, 3.63) is 35.4 Å². The number of rotatable bonds is 4. The zero-order valence-electron chi connectivity index (χ0n) is 12.8. The van der Waals surface area contributed by atoms with Crippen LogP contribution >= 0.6 is 0 Å². The molecular weight excluding hydrogens is 246 g/mol. The van der Waals surface area contributed by atoms with E-state index in [1.165, 1.54) is 36.8 Å². The highest BCUT2D eigenvalue weighted by Crippen LogP contribution is 2.43. The van der Waals surface area contributed by atoms with E-state index in [4.69, 9.17) is 4.74 Å². The summed E-state index contributed by atoms with van der Waals surface area (Å²) in [6, 6.07) is 9.42. The molecule has 2 heteroatoms. The summed E-state index contributed by atoms with van der Waals surface area (Å²) >= 11 is 0. The van der Waals surface area contributed by atoms with Crippen LogP contribution in [0.2, 0.25) is 0 Å². The van der Waals surface area contributed by atoms with Crippen molar-refractivity contribution in [3.63, 3.8) is 0 Å². The van der Waals surface area contributed by atoms with Crippen LogP contribution in [0.25, 0.3) is 0 Å². The number of hydrogen-bond donors (Lipinski definition) is 1. The highest BCUT2D eigenvalue weighted by Gasteiger charge is 2.35. The van der Waals surface area contributed by atoms with Gasteiger partial charge in [0.2, 0.25) is 0 Å². The molecule has 0 aromatic heterocycles. The number of fused-ring (bicyclic) bond motifs is 1. The lowest BCUT2D eigenvalue weighted by Crippen LogP contribution is -2.39. The van der Waals surface area contributed by atoms with E-state index in [1.807, 2.05) is 0 Å². The van der Waals surface area contributed by atoms with Crippen molar-refractivity contribution in [2.45, 2.75) is 58.1 Å². The van der Waals surface area contributed by atoms with Crippen molar-refractivity contribution in [2.24, 2.45) is 5.41 Å². The molecule has 2 unspecified atom stereocenters. The largest absolute Gasteiger partial charge is 0.378 e. The molecule has 1 aromatic rings. The number of ether oxygens (including phenoxy) is 1. The van der Waals surface area contributed by atoms with Crippen LogP contribution in [0.15, 0.2) is 24.3 Å². The molecule has 0 saturated carbocycles. The van der Waals surface area contributed by atoms with E-state index in [0.717, 1.165) is 19.6 Å². The molecule has 1 heterocycles. The van der Waals surface area contributed by atoms with Gasteiger partial charge in [0.1, 0.15) is 0 Å². The van der Waals surface area contributed by atoms with Gasteiger partial charge in [0.25, 0.3) is 0 Å². The van der Waals surface area contributed by atoms with Crippen molar-refractivity contribution < 1.29 is 4.74 Å². The third-order valence-electron chi connectivity index (χ3n) is 5.03. The van der Waals surface area contributed by atoms with Crippen LogP contribution in [-0.2, 0) is 11.2 Å². The normalized spacial score (nSPS) is 28.3. The van der Waals surface area contributed by atoms with Gasteiger partial charge in [-0.2, -0.15) is 0 Å². The van der Waals surface area contributed by atoms with Crippen molar-refractivity contribution >= 4 is 0 Å². The molecule has 1 aromatic carbocycles. The Balaban J connectivity index is 1.66. The van der Waals surface area contributed by atoms with Crippen LogP contribution in [0.3, 0.4) is 0 Å². The predicted octanol–water partition coefficient (Wildman–Crippen LogP) is 3.86. The Kier molecular flexibility index (Phi) is 4.13. The SMILES string of the molecule is CC1(C)CCc2ccccc2C1NCCC1CCCO1. The van der Waals surface area contributed by atoms with Gasteiger partial charge in [-0.15, -0.1) is 0 Å². The quantitative estimate of drug-likeness (QED) is 0.899. The molecule has 0 spiro atoms. The first kappa shape index (κ1) is 14.1. The molecule has 2 nitrogen and oxygen atoms in total. The highest BCUT2D eigenvalue weighted by atomic mass is 16.5. The van der Waals surface area contributed by atoms with Gasteiger partial charge in [-0.3, -0.25) is 0 Å².